The minimum atomic E-state index is -4.63. The average molecular weight is 471 g/mol. The number of anilines is 1. The summed E-state index contributed by atoms with van der Waals surface area (Å²) in [5.41, 5.74) is -1.31. The summed E-state index contributed by atoms with van der Waals surface area (Å²) in [7, 11) is 0. The number of carbonyl (C=O) groups is 4. The highest BCUT2D eigenvalue weighted by atomic mass is 35.5. The number of esters is 1. The Kier molecular flexibility index (Phi) is 5.52. The van der Waals surface area contributed by atoms with Crippen LogP contribution in [-0.2, 0) is 30.1 Å². The van der Waals surface area contributed by atoms with E-state index in [-0.39, 0.29) is 22.5 Å². The molecule has 1 heterocycles. The van der Waals surface area contributed by atoms with Gasteiger partial charge in [0.05, 0.1) is 28.1 Å². The second-order valence-electron chi connectivity index (χ2n) is 8.07. The van der Waals surface area contributed by atoms with Crippen molar-refractivity contribution in [2.75, 3.05) is 11.9 Å². The van der Waals surface area contributed by atoms with Crippen molar-refractivity contribution in [3.63, 3.8) is 0 Å². The highest BCUT2D eigenvalue weighted by Gasteiger charge is 2.60. The highest BCUT2D eigenvalue weighted by molar-refractivity contribution is 6.33. The van der Waals surface area contributed by atoms with E-state index in [9.17, 15) is 32.3 Å². The van der Waals surface area contributed by atoms with Gasteiger partial charge in [0, 0.05) is 0 Å². The van der Waals surface area contributed by atoms with Crippen LogP contribution in [0.25, 0.3) is 0 Å². The van der Waals surface area contributed by atoms with Gasteiger partial charge in [0.15, 0.2) is 6.61 Å². The first kappa shape index (κ1) is 22.3. The van der Waals surface area contributed by atoms with E-state index in [2.05, 4.69) is 5.32 Å². The number of amides is 3. The number of allylic oxidation sites excluding steroid dienone is 2. The van der Waals surface area contributed by atoms with Crippen molar-refractivity contribution in [3.05, 3.63) is 40.9 Å². The van der Waals surface area contributed by atoms with Crippen LogP contribution < -0.4 is 5.32 Å². The van der Waals surface area contributed by atoms with Gasteiger partial charge < -0.3 is 10.1 Å². The Bertz CT molecular complexity index is 1010. The lowest BCUT2D eigenvalue weighted by atomic mass is 9.85. The molecule has 32 heavy (non-hydrogen) atoms. The van der Waals surface area contributed by atoms with Crippen molar-refractivity contribution in [2.24, 2.45) is 23.7 Å². The number of carbonyl (C=O) groups excluding carboxylic acids is 4. The smallest absolute Gasteiger partial charge is 0.416 e. The molecule has 170 valence electrons. The third kappa shape index (κ3) is 3.76. The molecule has 1 N–H and O–H groups in total. The molecule has 3 amide bonds. The minimum absolute atomic E-state index is 0.0161. The number of likely N-dealkylation sites (tertiary alicyclic amines) is 1. The van der Waals surface area contributed by atoms with Crippen molar-refractivity contribution in [1.29, 1.82) is 0 Å². The second kappa shape index (κ2) is 7.91. The molecule has 1 saturated carbocycles. The van der Waals surface area contributed by atoms with Gasteiger partial charge in [-0.25, -0.2) is 4.79 Å². The molecule has 11 heteroatoms. The molecule has 5 atom stereocenters. The summed E-state index contributed by atoms with van der Waals surface area (Å²) in [5.74, 6) is -3.74. The van der Waals surface area contributed by atoms with Crippen LogP contribution in [-0.4, -0.2) is 41.2 Å². The van der Waals surface area contributed by atoms with E-state index < -0.39 is 59.9 Å². The van der Waals surface area contributed by atoms with Gasteiger partial charge in [0.2, 0.25) is 11.8 Å². The van der Waals surface area contributed by atoms with Gasteiger partial charge in [0.1, 0.15) is 6.04 Å². The molecule has 1 aromatic carbocycles. The van der Waals surface area contributed by atoms with Crippen LogP contribution in [0.4, 0.5) is 18.9 Å². The zero-order valence-corrected chi connectivity index (χ0v) is 17.4. The second-order valence-corrected chi connectivity index (χ2v) is 8.48. The Hall–Kier alpha value is -2.88. The number of hydrogen-bond donors (Lipinski definition) is 1. The standard InChI is InChI=1S/C21H18ClF3N2O5/c1-9(27-18(29)16-10-2-3-11(6-10)17(16)19(27)30)20(31)32-8-15(28)26-14-7-12(21(23,24)25)4-5-13(14)22/h2-5,7,9-11,16-17H,6,8H2,1H3,(H,26,28)/t9-,10+,11+,16-,17-/m1/s1. The van der Waals surface area contributed by atoms with E-state index in [1.807, 2.05) is 12.2 Å². The number of fused-ring (bicyclic) bond motifs is 5. The van der Waals surface area contributed by atoms with Crippen LogP contribution >= 0.6 is 11.6 Å². The van der Waals surface area contributed by atoms with Gasteiger partial charge in [0.25, 0.3) is 5.91 Å². The summed E-state index contributed by atoms with van der Waals surface area (Å²) in [4.78, 5) is 50.8. The van der Waals surface area contributed by atoms with Crippen molar-refractivity contribution in [2.45, 2.75) is 25.6 Å². The molecule has 0 spiro atoms. The molecule has 4 rings (SSSR count). The van der Waals surface area contributed by atoms with Crippen LogP contribution in [0.5, 0.6) is 0 Å². The third-order valence-corrected chi connectivity index (χ3v) is 6.48. The summed E-state index contributed by atoms with van der Waals surface area (Å²) in [5, 5.41) is 2.02. The average Bonchev–Trinajstić information content (AvgIpc) is 3.40. The van der Waals surface area contributed by atoms with E-state index in [0.29, 0.717) is 6.07 Å². The topological polar surface area (TPSA) is 92.8 Å². The van der Waals surface area contributed by atoms with Gasteiger partial charge in [-0.3, -0.25) is 19.3 Å². The number of rotatable bonds is 5. The molecule has 7 nitrogen and oxygen atoms in total. The largest absolute Gasteiger partial charge is 0.454 e. The maximum Gasteiger partial charge on any atom is 0.416 e. The van der Waals surface area contributed by atoms with Crippen molar-refractivity contribution < 1.29 is 37.1 Å². The zero-order valence-electron chi connectivity index (χ0n) is 16.7. The number of ether oxygens (including phenoxy) is 1. The first-order valence-electron chi connectivity index (χ1n) is 9.87. The van der Waals surface area contributed by atoms with Crippen LogP contribution in [0.3, 0.4) is 0 Å². The first-order valence-corrected chi connectivity index (χ1v) is 10.3. The van der Waals surface area contributed by atoms with Gasteiger partial charge in [-0.05, 0) is 43.4 Å². The summed E-state index contributed by atoms with van der Waals surface area (Å²) >= 11 is 5.82. The number of halogens is 4. The number of imide groups is 1. The maximum atomic E-state index is 12.8. The maximum absolute atomic E-state index is 12.8. The summed E-state index contributed by atoms with van der Waals surface area (Å²) in [6.45, 7) is 0.502. The van der Waals surface area contributed by atoms with E-state index in [1.165, 1.54) is 6.92 Å². The molecule has 0 aromatic heterocycles. The number of hydrogen-bond acceptors (Lipinski definition) is 5. The van der Waals surface area contributed by atoms with Crippen molar-refractivity contribution in [3.8, 4) is 0 Å². The summed E-state index contributed by atoms with van der Waals surface area (Å²) in [6.07, 6.45) is -0.0364. The fourth-order valence-electron chi connectivity index (χ4n) is 4.65. The first-order chi connectivity index (χ1) is 15.0. The quantitative estimate of drug-likeness (QED) is 0.405. The Morgan fingerprint density at radius 1 is 1.19 bits per heavy atom. The Balaban J connectivity index is 1.36. The molecule has 2 aliphatic carbocycles. The molecule has 2 bridgehead atoms. The predicted octanol–water partition coefficient (Wildman–Crippen LogP) is 3.04. The van der Waals surface area contributed by atoms with Gasteiger partial charge in [-0.1, -0.05) is 23.8 Å². The van der Waals surface area contributed by atoms with Gasteiger partial charge >= 0.3 is 12.1 Å². The Labute approximate surface area is 185 Å². The molecule has 2 fully saturated rings. The third-order valence-electron chi connectivity index (χ3n) is 6.15. The summed E-state index contributed by atoms with van der Waals surface area (Å²) < 4.78 is 43.4. The number of nitrogens with one attached hydrogen (secondary N) is 1. The number of alkyl halides is 3. The lowest BCUT2D eigenvalue weighted by Crippen LogP contribution is -2.45. The van der Waals surface area contributed by atoms with Gasteiger partial charge in [-0.15, -0.1) is 0 Å². The number of nitrogens with zero attached hydrogens (tertiary/aromatic N) is 1. The lowest BCUT2D eigenvalue weighted by molar-refractivity contribution is -0.159. The van der Waals surface area contributed by atoms with E-state index in [1.54, 1.807) is 0 Å². The predicted molar refractivity (Wildman–Crippen MR) is 105 cm³/mol. The highest BCUT2D eigenvalue weighted by Crippen LogP contribution is 2.52. The fourth-order valence-corrected chi connectivity index (χ4v) is 4.82. The van der Waals surface area contributed by atoms with E-state index in [4.69, 9.17) is 16.3 Å². The normalized spacial score (nSPS) is 27.0. The fraction of sp³-hybridized carbons (Fsp3) is 0.429. The Morgan fingerprint density at radius 3 is 2.34 bits per heavy atom. The zero-order chi connectivity index (χ0) is 23.4. The molecule has 0 unspecified atom stereocenters. The summed E-state index contributed by atoms with van der Waals surface area (Å²) in [6, 6.07) is 1.18. The minimum Gasteiger partial charge on any atom is -0.454 e. The van der Waals surface area contributed by atoms with Crippen LogP contribution in [0, 0.1) is 23.7 Å². The molecule has 1 aromatic rings. The van der Waals surface area contributed by atoms with Crippen LogP contribution in [0.15, 0.2) is 30.4 Å². The van der Waals surface area contributed by atoms with Crippen molar-refractivity contribution >= 4 is 41.0 Å². The SMILES string of the molecule is C[C@H](C(=O)OCC(=O)Nc1cc(C(F)(F)F)ccc1Cl)N1C(=O)[C@H]2[C@H](C1=O)[C@H]1C=C[C@H]2C1. The van der Waals surface area contributed by atoms with E-state index in [0.717, 1.165) is 23.5 Å². The lowest BCUT2D eigenvalue weighted by Gasteiger charge is -2.23. The van der Waals surface area contributed by atoms with Crippen LogP contribution in [0.2, 0.25) is 5.02 Å². The molecule has 1 saturated heterocycles. The molecular formula is C21H18ClF3N2O5. The monoisotopic (exact) mass is 470 g/mol. The molecule has 0 radical (unpaired) electrons. The van der Waals surface area contributed by atoms with E-state index >= 15 is 0 Å². The van der Waals surface area contributed by atoms with Crippen molar-refractivity contribution in [1.82, 2.24) is 4.90 Å². The van der Waals surface area contributed by atoms with Crippen LogP contribution in [0.1, 0.15) is 18.9 Å². The molecule has 1 aliphatic heterocycles. The number of benzene rings is 1. The van der Waals surface area contributed by atoms with Gasteiger partial charge in [-0.2, -0.15) is 13.2 Å². The molecule has 3 aliphatic rings. The molecular weight excluding hydrogens is 453 g/mol. The Morgan fingerprint density at radius 2 is 1.78 bits per heavy atom.